The molecule has 1 heterocycles. The SMILES string of the molecule is O=C(Cn1cc(-c2ccc(Cl)cc2)n(C2CC2)c1=O)NCc1ccccc1-c1ccccc1. The quantitative estimate of drug-likeness (QED) is 0.410. The van der Waals surface area contributed by atoms with Crippen LogP contribution in [-0.4, -0.2) is 15.0 Å². The first-order valence-electron chi connectivity index (χ1n) is 11.1. The smallest absolute Gasteiger partial charge is 0.329 e. The van der Waals surface area contributed by atoms with E-state index < -0.39 is 0 Å². The molecule has 166 valence electrons. The number of carbonyl (C=O) groups is 1. The van der Waals surface area contributed by atoms with E-state index in [1.54, 1.807) is 10.8 Å². The number of nitrogens with one attached hydrogen (secondary N) is 1. The van der Waals surface area contributed by atoms with Crippen molar-refractivity contribution in [2.75, 3.05) is 0 Å². The van der Waals surface area contributed by atoms with Gasteiger partial charge in [-0.1, -0.05) is 78.3 Å². The molecule has 1 aromatic heterocycles. The second-order valence-corrected chi connectivity index (χ2v) is 8.77. The van der Waals surface area contributed by atoms with Gasteiger partial charge in [0.2, 0.25) is 5.91 Å². The van der Waals surface area contributed by atoms with Crippen LogP contribution < -0.4 is 11.0 Å². The van der Waals surface area contributed by atoms with E-state index in [0.717, 1.165) is 40.8 Å². The highest BCUT2D eigenvalue weighted by Gasteiger charge is 2.29. The van der Waals surface area contributed by atoms with Gasteiger partial charge >= 0.3 is 5.69 Å². The zero-order valence-electron chi connectivity index (χ0n) is 18.1. The van der Waals surface area contributed by atoms with Crippen molar-refractivity contribution in [2.45, 2.75) is 32.0 Å². The third kappa shape index (κ3) is 4.64. The Morgan fingerprint density at radius 3 is 2.33 bits per heavy atom. The van der Waals surface area contributed by atoms with E-state index in [9.17, 15) is 9.59 Å². The Kier molecular flexibility index (Phi) is 5.88. The van der Waals surface area contributed by atoms with Crippen LogP contribution in [0.5, 0.6) is 0 Å². The maximum absolute atomic E-state index is 13.1. The molecule has 1 saturated carbocycles. The van der Waals surface area contributed by atoms with Gasteiger partial charge in [0.1, 0.15) is 6.54 Å². The molecule has 0 unspecified atom stereocenters. The van der Waals surface area contributed by atoms with Gasteiger partial charge in [0.05, 0.1) is 5.69 Å². The molecule has 1 aliphatic carbocycles. The molecular formula is C27H24ClN3O2. The summed E-state index contributed by atoms with van der Waals surface area (Å²) in [5.41, 5.74) is 4.80. The van der Waals surface area contributed by atoms with Crippen molar-refractivity contribution >= 4 is 17.5 Å². The minimum absolute atomic E-state index is 0.0212. The lowest BCUT2D eigenvalue weighted by molar-refractivity contribution is -0.121. The third-order valence-corrected chi connectivity index (χ3v) is 6.19. The van der Waals surface area contributed by atoms with Gasteiger partial charge in [0, 0.05) is 23.8 Å². The van der Waals surface area contributed by atoms with Crippen molar-refractivity contribution in [3.63, 3.8) is 0 Å². The van der Waals surface area contributed by atoms with Crippen LogP contribution in [0, 0.1) is 0 Å². The molecule has 0 saturated heterocycles. The van der Waals surface area contributed by atoms with Gasteiger partial charge in [0.25, 0.3) is 0 Å². The molecule has 1 N–H and O–H groups in total. The molecule has 6 heteroatoms. The van der Waals surface area contributed by atoms with Gasteiger partial charge in [-0.3, -0.25) is 13.9 Å². The maximum Gasteiger partial charge on any atom is 0.329 e. The molecule has 33 heavy (non-hydrogen) atoms. The van der Waals surface area contributed by atoms with Crippen molar-refractivity contribution in [3.05, 3.63) is 106 Å². The highest BCUT2D eigenvalue weighted by molar-refractivity contribution is 6.30. The number of hydrogen-bond donors (Lipinski definition) is 1. The van der Waals surface area contributed by atoms with Crippen LogP contribution in [0.1, 0.15) is 24.4 Å². The molecule has 5 rings (SSSR count). The average Bonchev–Trinajstić information content (AvgIpc) is 3.63. The van der Waals surface area contributed by atoms with Gasteiger partial charge < -0.3 is 5.32 Å². The van der Waals surface area contributed by atoms with E-state index in [1.165, 1.54) is 4.57 Å². The van der Waals surface area contributed by atoms with Crippen LogP contribution in [-0.2, 0) is 17.9 Å². The van der Waals surface area contributed by atoms with Crippen LogP contribution in [0.25, 0.3) is 22.4 Å². The number of rotatable bonds is 7. The van der Waals surface area contributed by atoms with Crippen LogP contribution in [0.15, 0.2) is 89.9 Å². The highest BCUT2D eigenvalue weighted by atomic mass is 35.5. The fourth-order valence-corrected chi connectivity index (χ4v) is 4.24. The lowest BCUT2D eigenvalue weighted by atomic mass is 10.00. The summed E-state index contributed by atoms with van der Waals surface area (Å²) < 4.78 is 3.31. The largest absolute Gasteiger partial charge is 0.350 e. The topological polar surface area (TPSA) is 56.0 Å². The molecule has 0 radical (unpaired) electrons. The first-order valence-corrected chi connectivity index (χ1v) is 11.5. The van der Waals surface area contributed by atoms with Gasteiger partial charge in [-0.25, -0.2) is 4.79 Å². The zero-order valence-corrected chi connectivity index (χ0v) is 18.8. The summed E-state index contributed by atoms with van der Waals surface area (Å²) in [7, 11) is 0. The standard InChI is InChI=1S/C27H24ClN3O2/c28-22-12-10-20(11-13-22)25-17-30(27(33)31(25)23-14-15-23)18-26(32)29-16-21-8-4-5-9-24(21)19-6-2-1-3-7-19/h1-13,17,23H,14-16,18H2,(H,29,32). The van der Waals surface area contributed by atoms with Crippen molar-refractivity contribution in [1.29, 1.82) is 0 Å². The van der Waals surface area contributed by atoms with Gasteiger partial charge in [0.15, 0.2) is 0 Å². The summed E-state index contributed by atoms with van der Waals surface area (Å²) in [6.07, 6.45) is 3.74. The number of halogens is 1. The van der Waals surface area contributed by atoms with Gasteiger partial charge in [-0.05, 0) is 47.2 Å². The molecule has 3 aromatic carbocycles. The first kappa shape index (κ1) is 21.3. The van der Waals surface area contributed by atoms with Crippen LogP contribution >= 0.6 is 11.6 Å². The number of benzene rings is 3. The van der Waals surface area contributed by atoms with Crippen molar-refractivity contribution in [2.24, 2.45) is 0 Å². The molecule has 0 spiro atoms. The minimum Gasteiger partial charge on any atom is -0.350 e. The summed E-state index contributed by atoms with van der Waals surface area (Å²) in [4.78, 5) is 25.9. The summed E-state index contributed by atoms with van der Waals surface area (Å²) in [6, 6.07) is 25.7. The van der Waals surface area contributed by atoms with Crippen molar-refractivity contribution in [1.82, 2.24) is 14.5 Å². The molecule has 0 atom stereocenters. The monoisotopic (exact) mass is 457 g/mol. The Morgan fingerprint density at radius 2 is 1.61 bits per heavy atom. The highest BCUT2D eigenvalue weighted by Crippen LogP contribution is 2.37. The number of carbonyl (C=O) groups excluding carboxylic acids is 1. The van der Waals surface area contributed by atoms with E-state index in [0.29, 0.717) is 11.6 Å². The third-order valence-electron chi connectivity index (χ3n) is 5.93. The number of hydrogen-bond acceptors (Lipinski definition) is 2. The van der Waals surface area contributed by atoms with E-state index in [-0.39, 0.29) is 24.2 Å². The van der Waals surface area contributed by atoms with Crippen LogP contribution in [0.3, 0.4) is 0 Å². The molecule has 0 bridgehead atoms. The fraction of sp³-hybridized carbons (Fsp3) is 0.185. The summed E-state index contributed by atoms with van der Waals surface area (Å²) in [5.74, 6) is -0.199. The summed E-state index contributed by atoms with van der Waals surface area (Å²) >= 11 is 6.03. The van der Waals surface area contributed by atoms with Crippen LogP contribution in [0.2, 0.25) is 5.02 Å². The fourth-order valence-electron chi connectivity index (χ4n) is 4.12. The van der Waals surface area contributed by atoms with Crippen LogP contribution in [0.4, 0.5) is 0 Å². The number of amides is 1. The molecule has 1 amide bonds. The lowest BCUT2D eigenvalue weighted by Gasteiger charge is -2.11. The molecular weight excluding hydrogens is 434 g/mol. The second kappa shape index (κ2) is 9.12. The van der Waals surface area contributed by atoms with E-state index in [1.807, 2.05) is 60.7 Å². The van der Waals surface area contributed by atoms with Gasteiger partial charge in [-0.2, -0.15) is 0 Å². The Morgan fingerprint density at radius 1 is 0.909 bits per heavy atom. The normalized spacial score (nSPS) is 13.1. The van der Waals surface area contributed by atoms with Crippen molar-refractivity contribution < 1.29 is 4.79 Å². The molecule has 5 nitrogen and oxygen atoms in total. The maximum atomic E-state index is 13.1. The number of nitrogens with zero attached hydrogens (tertiary/aromatic N) is 2. The molecule has 1 aliphatic rings. The van der Waals surface area contributed by atoms with Gasteiger partial charge in [-0.15, -0.1) is 0 Å². The predicted molar refractivity (Wildman–Crippen MR) is 131 cm³/mol. The van der Waals surface area contributed by atoms with E-state index in [4.69, 9.17) is 11.6 Å². The lowest BCUT2D eigenvalue weighted by Crippen LogP contribution is -2.32. The zero-order chi connectivity index (χ0) is 22.8. The number of imidazole rings is 1. The molecule has 0 aliphatic heterocycles. The van der Waals surface area contributed by atoms with Crippen molar-refractivity contribution in [3.8, 4) is 22.4 Å². The minimum atomic E-state index is -0.199. The van der Waals surface area contributed by atoms with E-state index >= 15 is 0 Å². The summed E-state index contributed by atoms with van der Waals surface area (Å²) in [6.45, 7) is 0.374. The average molecular weight is 458 g/mol. The Labute approximate surface area is 197 Å². The predicted octanol–water partition coefficient (Wildman–Crippen LogP) is 5.29. The Hall–Kier alpha value is -3.57. The Bertz CT molecular complexity index is 1340. The van der Waals surface area contributed by atoms with E-state index in [2.05, 4.69) is 23.5 Å². The second-order valence-electron chi connectivity index (χ2n) is 8.33. The molecule has 4 aromatic rings. The molecule has 1 fully saturated rings. The Balaban J connectivity index is 1.34. The first-order chi connectivity index (χ1) is 16.1. The number of aromatic nitrogens is 2. The summed E-state index contributed by atoms with van der Waals surface area (Å²) in [5, 5.41) is 3.63.